The summed E-state index contributed by atoms with van der Waals surface area (Å²) in [5.74, 6) is -0.263. The molecule has 10 heteroatoms. The van der Waals surface area contributed by atoms with E-state index in [2.05, 4.69) is 15.6 Å². The minimum absolute atomic E-state index is 0.180. The van der Waals surface area contributed by atoms with Crippen LogP contribution in [0.1, 0.15) is 36.8 Å². The molecule has 0 bridgehead atoms. The van der Waals surface area contributed by atoms with Crippen LogP contribution in [0.25, 0.3) is 11.0 Å². The van der Waals surface area contributed by atoms with E-state index in [1.54, 1.807) is 37.8 Å². The van der Waals surface area contributed by atoms with Gasteiger partial charge in [0.25, 0.3) is 0 Å². The van der Waals surface area contributed by atoms with Crippen molar-refractivity contribution in [3.8, 4) is 5.75 Å². The SMILES string of the molecule is COCC(=O)Nc1c(C(=O)OC)n(CCc2ccc(OC)cc2)c2ncc(N[C@@H](C)C(C)(C)O)cc12. The van der Waals surface area contributed by atoms with Crippen LogP contribution in [0.15, 0.2) is 36.5 Å². The summed E-state index contributed by atoms with van der Waals surface area (Å²) in [6, 6.07) is 9.17. The fourth-order valence-corrected chi connectivity index (χ4v) is 3.72. The van der Waals surface area contributed by atoms with Crippen LogP contribution >= 0.6 is 0 Å². The first-order valence-electron chi connectivity index (χ1n) is 11.6. The Morgan fingerprint density at radius 1 is 1.17 bits per heavy atom. The van der Waals surface area contributed by atoms with Crippen LogP contribution in [-0.2, 0) is 27.2 Å². The zero-order valence-corrected chi connectivity index (χ0v) is 21.5. The van der Waals surface area contributed by atoms with Crippen molar-refractivity contribution in [2.45, 2.75) is 45.4 Å². The first-order valence-corrected chi connectivity index (χ1v) is 11.6. The number of ether oxygens (including phenoxy) is 3. The van der Waals surface area contributed by atoms with Crippen molar-refractivity contribution in [1.82, 2.24) is 9.55 Å². The van der Waals surface area contributed by atoms with Gasteiger partial charge in [-0.2, -0.15) is 0 Å². The van der Waals surface area contributed by atoms with Gasteiger partial charge in [-0.3, -0.25) is 4.79 Å². The molecule has 36 heavy (non-hydrogen) atoms. The van der Waals surface area contributed by atoms with Gasteiger partial charge in [0.15, 0.2) is 5.69 Å². The number of pyridine rings is 1. The second-order valence-corrected chi connectivity index (χ2v) is 9.06. The quantitative estimate of drug-likeness (QED) is 0.344. The third-order valence-electron chi connectivity index (χ3n) is 6.04. The van der Waals surface area contributed by atoms with Crippen LogP contribution in [0.3, 0.4) is 0 Å². The number of methoxy groups -OCH3 is 3. The molecule has 1 aromatic carbocycles. The summed E-state index contributed by atoms with van der Waals surface area (Å²) in [5, 5.41) is 16.9. The number of nitrogens with one attached hydrogen (secondary N) is 2. The van der Waals surface area contributed by atoms with Gasteiger partial charge in [-0.05, 0) is 51.0 Å². The maximum absolute atomic E-state index is 12.9. The van der Waals surface area contributed by atoms with Crippen molar-refractivity contribution in [1.29, 1.82) is 0 Å². The minimum atomic E-state index is -0.980. The Hall–Kier alpha value is -3.63. The second kappa shape index (κ2) is 11.4. The zero-order valence-electron chi connectivity index (χ0n) is 21.5. The van der Waals surface area contributed by atoms with Crippen LogP contribution in [0.2, 0.25) is 0 Å². The first kappa shape index (κ1) is 27.0. The Balaban J connectivity index is 2.10. The summed E-state index contributed by atoms with van der Waals surface area (Å²) in [4.78, 5) is 30.0. The lowest BCUT2D eigenvalue weighted by molar-refractivity contribution is -0.119. The molecule has 0 saturated heterocycles. The number of carbonyl (C=O) groups is 2. The average molecular weight is 499 g/mol. The van der Waals surface area contributed by atoms with Gasteiger partial charge in [0.1, 0.15) is 18.0 Å². The predicted octanol–water partition coefficient (Wildman–Crippen LogP) is 3.23. The number of anilines is 2. The molecule has 0 aliphatic rings. The molecule has 2 heterocycles. The second-order valence-electron chi connectivity index (χ2n) is 9.06. The van der Waals surface area contributed by atoms with E-state index in [9.17, 15) is 14.7 Å². The van der Waals surface area contributed by atoms with Crippen molar-refractivity contribution >= 4 is 34.3 Å². The van der Waals surface area contributed by atoms with Gasteiger partial charge in [-0.25, -0.2) is 9.78 Å². The molecular formula is C26H34N4O6. The van der Waals surface area contributed by atoms with Crippen LogP contribution in [-0.4, -0.2) is 66.1 Å². The molecule has 0 saturated carbocycles. The maximum atomic E-state index is 12.9. The first-order chi connectivity index (χ1) is 17.1. The molecule has 0 aliphatic carbocycles. The van der Waals surface area contributed by atoms with E-state index in [0.29, 0.717) is 35.4 Å². The average Bonchev–Trinajstić information content (AvgIpc) is 3.14. The highest BCUT2D eigenvalue weighted by molar-refractivity contribution is 6.11. The number of esters is 1. The van der Waals surface area contributed by atoms with Crippen molar-refractivity contribution in [3.63, 3.8) is 0 Å². The largest absolute Gasteiger partial charge is 0.497 e. The number of aromatic nitrogens is 2. The molecule has 3 rings (SSSR count). The van der Waals surface area contributed by atoms with Crippen molar-refractivity contribution in [2.75, 3.05) is 38.6 Å². The fourth-order valence-electron chi connectivity index (χ4n) is 3.72. The smallest absolute Gasteiger partial charge is 0.356 e. The van der Waals surface area contributed by atoms with E-state index in [1.165, 1.54) is 14.2 Å². The lowest BCUT2D eigenvalue weighted by Crippen LogP contribution is -2.39. The molecular weight excluding hydrogens is 464 g/mol. The summed E-state index contributed by atoms with van der Waals surface area (Å²) in [6.45, 7) is 5.49. The topological polar surface area (TPSA) is 124 Å². The van der Waals surface area contributed by atoms with Gasteiger partial charge >= 0.3 is 5.97 Å². The molecule has 0 unspecified atom stereocenters. The number of rotatable bonds is 11. The van der Waals surface area contributed by atoms with Gasteiger partial charge < -0.3 is 34.5 Å². The highest BCUT2D eigenvalue weighted by atomic mass is 16.5. The highest BCUT2D eigenvalue weighted by Crippen LogP contribution is 2.33. The highest BCUT2D eigenvalue weighted by Gasteiger charge is 2.27. The summed E-state index contributed by atoms with van der Waals surface area (Å²) in [7, 11) is 4.32. The Morgan fingerprint density at radius 2 is 1.86 bits per heavy atom. The van der Waals surface area contributed by atoms with Gasteiger partial charge in [-0.15, -0.1) is 0 Å². The van der Waals surface area contributed by atoms with Gasteiger partial charge in [0.05, 0.1) is 43.4 Å². The van der Waals surface area contributed by atoms with Crippen LogP contribution in [0.4, 0.5) is 11.4 Å². The molecule has 3 aromatic rings. The van der Waals surface area contributed by atoms with Gasteiger partial charge in [0.2, 0.25) is 5.91 Å². The Morgan fingerprint density at radius 3 is 2.44 bits per heavy atom. The number of amides is 1. The molecule has 1 amide bonds. The number of carbonyl (C=O) groups excluding carboxylic acids is 2. The fraction of sp³-hybridized carbons (Fsp3) is 0.423. The minimum Gasteiger partial charge on any atom is -0.497 e. The van der Waals surface area contributed by atoms with E-state index in [4.69, 9.17) is 14.2 Å². The van der Waals surface area contributed by atoms with E-state index in [0.717, 1.165) is 11.3 Å². The molecule has 10 nitrogen and oxygen atoms in total. The third kappa shape index (κ3) is 6.13. The molecule has 0 radical (unpaired) electrons. The van der Waals surface area contributed by atoms with Gasteiger partial charge in [0, 0.05) is 19.0 Å². The summed E-state index contributed by atoms with van der Waals surface area (Å²) in [6.07, 6.45) is 2.23. The number of nitrogens with zero attached hydrogens (tertiary/aromatic N) is 2. The zero-order chi connectivity index (χ0) is 26.5. The monoisotopic (exact) mass is 498 g/mol. The maximum Gasteiger partial charge on any atom is 0.356 e. The normalized spacial score (nSPS) is 12.3. The van der Waals surface area contributed by atoms with E-state index < -0.39 is 17.5 Å². The molecule has 3 N–H and O–H groups in total. The van der Waals surface area contributed by atoms with Crippen LogP contribution in [0, 0.1) is 0 Å². The lowest BCUT2D eigenvalue weighted by Gasteiger charge is -2.27. The number of aliphatic hydroxyl groups is 1. The molecule has 1 atom stereocenters. The summed E-state index contributed by atoms with van der Waals surface area (Å²) in [5.41, 5.74) is 1.68. The van der Waals surface area contributed by atoms with Crippen molar-refractivity contribution in [3.05, 3.63) is 47.8 Å². The van der Waals surface area contributed by atoms with Crippen LogP contribution in [0.5, 0.6) is 5.75 Å². The molecule has 194 valence electrons. The molecule has 0 aliphatic heterocycles. The summed E-state index contributed by atoms with van der Waals surface area (Å²) >= 11 is 0. The number of hydrogen-bond acceptors (Lipinski definition) is 8. The van der Waals surface area contributed by atoms with E-state index in [1.807, 2.05) is 31.2 Å². The Labute approximate surface area is 210 Å². The van der Waals surface area contributed by atoms with Gasteiger partial charge in [-0.1, -0.05) is 12.1 Å². The van der Waals surface area contributed by atoms with E-state index >= 15 is 0 Å². The van der Waals surface area contributed by atoms with Crippen LogP contribution < -0.4 is 15.4 Å². The third-order valence-corrected chi connectivity index (χ3v) is 6.04. The molecule has 0 fully saturated rings. The predicted molar refractivity (Wildman–Crippen MR) is 138 cm³/mol. The number of benzene rings is 1. The Bertz CT molecular complexity index is 1210. The Kier molecular flexibility index (Phi) is 8.54. The van der Waals surface area contributed by atoms with E-state index in [-0.39, 0.29) is 18.3 Å². The number of hydrogen-bond donors (Lipinski definition) is 3. The lowest BCUT2D eigenvalue weighted by atomic mass is 10.0. The van der Waals surface area contributed by atoms with Crippen molar-refractivity contribution < 1.29 is 28.9 Å². The van der Waals surface area contributed by atoms with Crippen molar-refractivity contribution in [2.24, 2.45) is 0 Å². The molecule has 2 aromatic heterocycles. The number of fused-ring (bicyclic) bond motifs is 1. The summed E-state index contributed by atoms with van der Waals surface area (Å²) < 4.78 is 17.0. The molecule has 0 spiro atoms. The number of aryl methyl sites for hydroxylation is 2. The standard InChI is InChI=1S/C26H34N4O6/c1-16(26(2,3)33)28-18-13-20-22(29-21(31)15-34-4)23(25(32)36-6)30(24(20)27-14-18)12-11-17-7-9-19(35-5)10-8-17/h7-10,13-14,16,28,33H,11-12,15H2,1-6H3,(H,29,31)/t16-/m0/s1.